The summed E-state index contributed by atoms with van der Waals surface area (Å²) in [4.78, 5) is 0. The molecule has 110 valence electrons. The molecule has 0 saturated heterocycles. The monoisotopic (exact) mass is 281 g/mol. The van der Waals surface area contributed by atoms with Crippen molar-refractivity contribution in [2.45, 2.75) is 31.7 Å². The lowest BCUT2D eigenvalue weighted by molar-refractivity contribution is 0.239. The van der Waals surface area contributed by atoms with Gasteiger partial charge >= 0.3 is 0 Å². The van der Waals surface area contributed by atoms with Crippen LogP contribution in [0.15, 0.2) is 54.6 Å². The Bertz CT molecular complexity index is 550. The minimum absolute atomic E-state index is 0.322. The third-order valence-corrected chi connectivity index (χ3v) is 4.36. The van der Waals surface area contributed by atoms with E-state index in [1.165, 1.54) is 24.0 Å². The molecular formula is C19H23NO. The fourth-order valence-corrected chi connectivity index (χ4v) is 3.01. The Morgan fingerprint density at radius 2 is 1.62 bits per heavy atom. The van der Waals surface area contributed by atoms with Gasteiger partial charge in [0.15, 0.2) is 0 Å². The van der Waals surface area contributed by atoms with Crippen LogP contribution >= 0.6 is 0 Å². The number of hydrogen-bond acceptors (Lipinski definition) is 2. The van der Waals surface area contributed by atoms with E-state index in [1.54, 1.807) is 0 Å². The van der Waals surface area contributed by atoms with Gasteiger partial charge in [0.2, 0.25) is 0 Å². The van der Waals surface area contributed by atoms with Crippen LogP contribution in [0.4, 0.5) is 0 Å². The number of ether oxygens (including phenoxy) is 1. The second-order valence-corrected chi connectivity index (χ2v) is 5.97. The summed E-state index contributed by atoms with van der Waals surface area (Å²) in [5.41, 5.74) is 8.72. The first-order valence-corrected chi connectivity index (χ1v) is 7.82. The SMILES string of the molecule is N[C@H]1CCC[C@H]1COc1ccc(Cc2ccccc2)cc1. The first-order valence-electron chi connectivity index (χ1n) is 7.82. The van der Waals surface area contributed by atoms with E-state index in [0.29, 0.717) is 12.0 Å². The molecule has 0 radical (unpaired) electrons. The van der Waals surface area contributed by atoms with Gasteiger partial charge in [-0.05, 0) is 42.5 Å². The van der Waals surface area contributed by atoms with E-state index in [9.17, 15) is 0 Å². The third kappa shape index (κ3) is 3.85. The molecule has 21 heavy (non-hydrogen) atoms. The van der Waals surface area contributed by atoms with Crippen LogP contribution in [0.25, 0.3) is 0 Å². The first-order chi connectivity index (χ1) is 10.3. The van der Waals surface area contributed by atoms with Crippen LogP contribution in [-0.2, 0) is 6.42 Å². The third-order valence-electron chi connectivity index (χ3n) is 4.36. The molecule has 1 saturated carbocycles. The molecule has 2 aromatic carbocycles. The fourth-order valence-electron chi connectivity index (χ4n) is 3.01. The molecule has 0 aliphatic heterocycles. The average Bonchev–Trinajstić information content (AvgIpc) is 2.93. The van der Waals surface area contributed by atoms with Gasteiger partial charge in [0.05, 0.1) is 6.61 Å². The molecule has 2 atom stereocenters. The van der Waals surface area contributed by atoms with Gasteiger partial charge < -0.3 is 10.5 Å². The van der Waals surface area contributed by atoms with Gasteiger partial charge in [-0.1, -0.05) is 48.9 Å². The molecule has 2 N–H and O–H groups in total. The molecule has 2 aromatic rings. The normalized spacial score (nSPS) is 21.4. The Hall–Kier alpha value is -1.80. The fraction of sp³-hybridized carbons (Fsp3) is 0.368. The zero-order valence-corrected chi connectivity index (χ0v) is 12.4. The lowest BCUT2D eigenvalue weighted by Crippen LogP contribution is -2.28. The summed E-state index contributed by atoms with van der Waals surface area (Å²) in [6, 6.07) is 19.3. The van der Waals surface area contributed by atoms with E-state index in [4.69, 9.17) is 10.5 Å². The number of hydrogen-bond donors (Lipinski definition) is 1. The maximum atomic E-state index is 6.07. The lowest BCUT2D eigenvalue weighted by Gasteiger charge is -2.16. The minimum atomic E-state index is 0.322. The van der Waals surface area contributed by atoms with Crippen LogP contribution in [0.2, 0.25) is 0 Å². The quantitative estimate of drug-likeness (QED) is 0.905. The van der Waals surface area contributed by atoms with Crippen LogP contribution in [0.5, 0.6) is 5.75 Å². The van der Waals surface area contributed by atoms with E-state index in [1.807, 2.05) is 6.07 Å². The highest BCUT2D eigenvalue weighted by Crippen LogP contribution is 2.25. The molecule has 2 heteroatoms. The molecule has 1 fully saturated rings. The first kappa shape index (κ1) is 14.2. The molecule has 3 rings (SSSR count). The Morgan fingerprint density at radius 3 is 2.29 bits per heavy atom. The highest BCUT2D eigenvalue weighted by Gasteiger charge is 2.24. The van der Waals surface area contributed by atoms with E-state index in [0.717, 1.165) is 25.2 Å². The zero-order valence-electron chi connectivity index (χ0n) is 12.4. The summed E-state index contributed by atoms with van der Waals surface area (Å²) in [7, 11) is 0. The summed E-state index contributed by atoms with van der Waals surface area (Å²) in [6.07, 6.45) is 4.55. The molecule has 1 aliphatic rings. The van der Waals surface area contributed by atoms with Crippen molar-refractivity contribution in [3.05, 3.63) is 65.7 Å². The van der Waals surface area contributed by atoms with Gasteiger partial charge in [-0.15, -0.1) is 0 Å². The van der Waals surface area contributed by atoms with Gasteiger partial charge in [-0.25, -0.2) is 0 Å². The molecule has 0 spiro atoms. The molecule has 0 unspecified atom stereocenters. The molecule has 2 nitrogen and oxygen atoms in total. The zero-order chi connectivity index (χ0) is 14.5. The van der Waals surface area contributed by atoms with Crippen LogP contribution < -0.4 is 10.5 Å². The van der Waals surface area contributed by atoms with E-state index >= 15 is 0 Å². The Balaban J connectivity index is 1.54. The Labute approximate surface area is 126 Å². The summed E-state index contributed by atoms with van der Waals surface area (Å²) in [5, 5.41) is 0. The number of benzene rings is 2. The van der Waals surface area contributed by atoms with Crippen LogP contribution in [0.3, 0.4) is 0 Å². The van der Waals surface area contributed by atoms with Crippen molar-refractivity contribution >= 4 is 0 Å². The maximum absolute atomic E-state index is 6.07. The largest absolute Gasteiger partial charge is 0.493 e. The highest BCUT2D eigenvalue weighted by atomic mass is 16.5. The number of nitrogens with two attached hydrogens (primary N) is 1. The lowest BCUT2D eigenvalue weighted by atomic mass is 10.0. The van der Waals surface area contributed by atoms with Crippen molar-refractivity contribution in [1.29, 1.82) is 0 Å². The predicted octanol–water partition coefficient (Wildman–Crippen LogP) is 3.78. The summed E-state index contributed by atoms with van der Waals surface area (Å²) < 4.78 is 5.89. The average molecular weight is 281 g/mol. The molecular weight excluding hydrogens is 258 g/mol. The maximum Gasteiger partial charge on any atom is 0.119 e. The number of rotatable bonds is 5. The summed E-state index contributed by atoms with van der Waals surface area (Å²) in [6.45, 7) is 0.749. The van der Waals surface area contributed by atoms with Gasteiger partial charge in [0.25, 0.3) is 0 Å². The van der Waals surface area contributed by atoms with E-state index in [-0.39, 0.29) is 0 Å². The van der Waals surface area contributed by atoms with Crippen molar-refractivity contribution in [1.82, 2.24) is 0 Å². The van der Waals surface area contributed by atoms with Gasteiger partial charge in [-0.3, -0.25) is 0 Å². The summed E-state index contributed by atoms with van der Waals surface area (Å²) in [5.74, 6) is 1.47. The highest BCUT2D eigenvalue weighted by molar-refractivity contribution is 5.31. The Morgan fingerprint density at radius 1 is 0.905 bits per heavy atom. The summed E-state index contributed by atoms with van der Waals surface area (Å²) >= 11 is 0. The van der Waals surface area contributed by atoms with Gasteiger partial charge in [0.1, 0.15) is 5.75 Å². The molecule has 0 heterocycles. The van der Waals surface area contributed by atoms with Crippen molar-refractivity contribution in [2.24, 2.45) is 11.7 Å². The van der Waals surface area contributed by atoms with Crippen molar-refractivity contribution in [3.8, 4) is 5.75 Å². The predicted molar refractivity (Wildman–Crippen MR) is 86.5 cm³/mol. The van der Waals surface area contributed by atoms with E-state index < -0.39 is 0 Å². The van der Waals surface area contributed by atoms with Crippen LogP contribution in [0, 0.1) is 5.92 Å². The van der Waals surface area contributed by atoms with Gasteiger partial charge in [-0.2, -0.15) is 0 Å². The second kappa shape index (κ2) is 6.77. The standard InChI is InChI=1S/C19H23NO/c20-19-8-4-7-17(19)14-21-18-11-9-16(10-12-18)13-15-5-2-1-3-6-15/h1-3,5-6,9-12,17,19H,4,7-8,13-14,20H2/t17-,19-/m0/s1. The van der Waals surface area contributed by atoms with Crippen LogP contribution in [0.1, 0.15) is 30.4 Å². The topological polar surface area (TPSA) is 35.2 Å². The smallest absolute Gasteiger partial charge is 0.119 e. The molecule has 1 aliphatic carbocycles. The minimum Gasteiger partial charge on any atom is -0.493 e. The van der Waals surface area contributed by atoms with E-state index in [2.05, 4.69) is 48.5 Å². The Kier molecular flexibility index (Phi) is 4.56. The van der Waals surface area contributed by atoms with Gasteiger partial charge in [0, 0.05) is 12.0 Å². The molecule has 0 aromatic heterocycles. The second-order valence-electron chi connectivity index (χ2n) is 5.97. The van der Waals surface area contributed by atoms with Crippen LogP contribution in [-0.4, -0.2) is 12.6 Å². The van der Waals surface area contributed by atoms with Crippen molar-refractivity contribution < 1.29 is 4.74 Å². The molecule has 0 bridgehead atoms. The molecule has 0 amide bonds. The van der Waals surface area contributed by atoms with Crippen molar-refractivity contribution in [2.75, 3.05) is 6.61 Å². The van der Waals surface area contributed by atoms with Crippen molar-refractivity contribution in [3.63, 3.8) is 0 Å².